The van der Waals surface area contributed by atoms with Crippen LogP contribution in [0.25, 0.3) is 0 Å². The zero-order valence-electron chi connectivity index (χ0n) is 13.9. The maximum absolute atomic E-state index is 5.86. The summed E-state index contributed by atoms with van der Waals surface area (Å²) in [7, 11) is 0. The second kappa shape index (κ2) is 8.31. The first-order valence-corrected chi connectivity index (χ1v) is 7.87. The fraction of sp³-hybridized carbons (Fsp3) is 0.667. The lowest BCUT2D eigenvalue weighted by Crippen LogP contribution is -2.29. The Balaban J connectivity index is 2.57. The van der Waals surface area contributed by atoms with Crippen molar-refractivity contribution in [3.8, 4) is 5.75 Å². The molecule has 0 radical (unpaired) electrons. The van der Waals surface area contributed by atoms with Gasteiger partial charge in [-0.2, -0.15) is 0 Å². The Morgan fingerprint density at radius 2 is 1.55 bits per heavy atom. The molecule has 0 spiro atoms. The molecule has 0 saturated carbocycles. The molecular formula is C18H31NO. The molecule has 0 aromatic heterocycles. The van der Waals surface area contributed by atoms with Crippen molar-refractivity contribution in [2.75, 3.05) is 6.54 Å². The van der Waals surface area contributed by atoms with E-state index in [9.17, 15) is 0 Å². The molecule has 2 heteroatoms. The van der Waals surface area contributed by atoms with Crippen LogP contribution in [0.2, 0.25) is 0 Å². The molecule has 0 amide bonds. The van der Waals surface area contributed by atoms with Crippen molar-refractivity contribution in [2.45, 2.75) is 54.2 Å². The van der Waals surface area contributed by atoms with Crippen molar-refractivity contribution >= 4 is 0 Å². The van der Waals surface area contributed by atoms with Gasteiger partial charge in [0, 0.05) is 12.1 Å². The maximum Gasteiger partial charge on any atom is 0.124 e. The van der Waals surface area contributed by atoms with Crippen molar-refractivity contribution in [3.63, 3.8) is 0 Å². The van der Waals surface area contributed by atoms with Gasteiger partial charge in [0.1, 0.15) is 5.75 Å². The highest BCUT2D eigenvalue weighted by molar-refractivity contribution is 5.33. The zero-order chi connectivity index (χ0) is 15.1. The summed E-state index contributed by atoms with van der Waals surface area (Å²) in [6, 6.07) is 8.31. The summed E-state index contributed by atoms with van der Waals surface area (Å²) in [5.41, 5.74) is 1.24. The molecule has 1 aromatic rings. The van der Waals surface area contributed by atoms with E-state index in [4.69, 9.17) is 4.74 Å². The van der Waals surface area contributed by atoms with Crippen LogP contribution < -0.4 is 10.1 Å². The average molecular weight is 277 g/mol. The predicted octanol–water partition coefficient (Wildman–Crippen LogP) is 4.49. The van der Waals surface area contributed by atoms with E-state index in [0.29, 0.717) is 17.8 Å². The first-order valence-electron chi connectivity index (χ1n) is 7.87. The van der Waals surface area contributed by atoms with Crippen molar-refractivity contribution < 1.29 is 4.74 Å². The Hall–Kier alpha value is -1.02. The summed E-state index contributed by atoms with van der Waals surface area (Å²) < 4.78 is 5.86. The first kappa shape index (κ1) is 17.0. The standard InChI is InChI=1S/C18H31NO/c1-13(2)17(14(3)4)12-19-11-16-9-7-8-10-18(16)20-15(5)6/h7-10,13-15,17,19H,11-12H2,1-6H3. The fourth-order valence-electron chi connectivity index (χ4n) is 2.63. The van der Waals surface area contributed by atoms with E-state index in [1.807, 2.05) is 6.07 Å². The molecule has 0 fully saturated rings. The van der Waals surface area contributed by atoms with Gasteiger partial charge in [-0.1, -0.05) is 45.9 Å². The minimum Gasteiger partial charge on any atom is -0.491 e. The quantitative estimate of drug-likeness (QED) is 0.756. The highest BCUT2D eigenvalue weighted by Gasteiger charge is 2.17. The number of rotatable bonds is 8. The Bertz CT molecular complexity index is 377. The maximum atomic E-state index is 5.86. The van der Waals surface area contributed by atoms with Crippen LogP contribution in [0.5, 0.6) is 5.75 Å². The van der Waals surface area contributed by atoms with Crippen molar-refractivity contribution in [1.29, 1.82) is 0 Å². The molecule has 0 saturated heterocycles. The van der Waals surface area contributed by atoms with E-state index < -0.39 is 0 Å². The summed E-state index contributed by atoms with van der Waals surface area (Å²) in [5.74, 6) is 3.14. The van der Waals surface area contributed by atoms with Gasteiger partial charge in [0.05, 0.1) is 6.10 Å². The monoisotopic (exact) mass is 277 g/mol. The van der Waals surface area contributed by atoms with Crippen LogP contribution in [0.1, 0.15) is 47.1 Å². The third kappa shape index (κ3) is 5.54. The van der Waals surface area contributed by atoms with Crippen LogP contribution in [-0.4, -0.2) is 12.6 Å². The van der Waals surface area contributed by atoms with Crippen molar-refractivity contribution in [1.82, 2.24) is 5.32 Å². The van der Waals surface area contributed by atoms with E-state index in [-0.39, 0.29) is 6.10 Å². The molecule has 0 aliphatic rings. The van der Waals surface area contributed by atoms with Crippen LogP contribution >= 0.6 is 0 Å². The largest absolute Gasteiger partial charge is 0.491 e. The second-order valence-corrected chi connectivity index (χ2v) is 6.56. The number of nitrogens with one attached hydrogen (secondary N) is 1. The van der Waals surface area contributed by atoms with Gasteiger partial charge in [0.25, 0.3) is 0 Å². The highest BCUT2D eigenvalue weighted by Crippen LogP contribution is 2.21. The molecule has 0 unspecified atom stereocenters. The SMILES string of the molecule is CC(C)Oc1ccccc1CNCC(C(C)C)C(C)C. The lowest BCUT2D eigenvalue weighted by atomic mass is 9.85. The summed E-state index contributed by atoms with van der Waals surface area (Å²) in [5, 5.41) is 3.60. The summed E-state index contributed by atoms with van der Waals surface area (Å²) in [6.07, 6.45) is 0.218. The molecule has 114 valence electrons. The van der Waals surface area contributed by atoms with Gasteiger partial charge in [0.15, 0.2) is 0 Å². The van der Waals surface area contributed by atoms with E-state index in [0.717, 1.165) is 18.8 Å². The molecular weight excluding hydrogens is 246 g/mol. The van der Waals surface area contributed by atoms with Crippen molar-refractivity contribution in [2.24, 2.45) is 17.8 Å². The van der Waals surface area contributed by atoms with E-state index in [1.165, 1.54) is 5.56 Å². The number of ether oxygens (including phenoxy) is 1. The number of benzene rings is 1. The number of hydrogen-bond acceptors (Lipinski definition) is 2. The van der Waals surface area contributed by atoms with Gasteiger partial charge < -0.3 is 10.1 Å². The fourth-order valence-corrected chi connectivity index (χ4v) is 2.63. The van der Waals surface area contributed by atoms with Crippen LogP contribution in [0.4, 0.5) is 0 Å². The van der Waals surface area contributed by atoms with E-state index in [1.54, 1.807) is 0 Å². The predicted molar refractivity (Wildman–Crippen MR) is 87.1 cm³/mol. The Labute approximate surface area is 124 Å². The number of para-hydroxylation sites is 1. The Morgan fingerprint density at radius 1 is 0.950 bits per heavy atom. The lowest BCUT2D eigenvalue weighted by molar-refractivity contribution is 0.238. The molecule has 1 N–H and O–H groups in total. The van der Waals surface area contributed by atoms with Crippen LogP contribution in [0.15, 0.2) is 24.3 Å². The summed E-state index contributed by atoms with van der Waals surface area (Å²) >= 11 is 0. The molecule has 0 bridgehead atoms. The topological polar surface area (TPSA) is 21.3 Å². The van der Waals surface area contributed by atoms with Gasteiger partial charge in [-0.25, -0.2) is 0 Å². The smallest absolute Gasteiger partial charge is 0.124 e. The van der Waals surface area contributed by atoms with Gasteiger partial charge in [0.2, 0.25) is 0 Å². The van der Waals surface area contributed by atoms with Crippen LogP contribution in [-0.2, 0) is 6.54 Å². The van der Waals surface area contributed by atoms with E-state index in [2.05, 4.69) is 65.1 Å². The van der Waals surface area contributed by atoms with Gasteiger partial charge in [-0.3, -0.25) is 0 Å². The molecule has 0 aliphatic heterocycles. The van der Waals surface area contributed by atoms with Crippen LogP contribution in [0, 0.1) is 17.8 Å². The van der Waals surface area contributed by atoms with Crippen LogP contribution in [0.3, 0.4) is 0 Å². The zero-order valence-corrected chi connectivity index (χ0v) is 13.9. The lowest BCUT2D eigenvalue weighted by Gasteiger charge is -2.25. The molecule has 1 aromatic carbocycles. The molecule has 20 heavy (non-hydrogen) atoms. The van der Waals surface area contributed by atoms with Gasteiger partial charge in [-0.15, -0.1) is 0 Å². The minimum absolute atomic E-state index is 0.218. The first-order chi connectivity index (χ1) is 9.41. The molecule has 0 atom stereocenters. The third-order valence-corrected chi connectivity index (χ3v) is 3.74. The second-order valence-electron chi connectivity index (χ2n) is 6.56. The molecule has 2 nitrogen and oxygen atoms in total. The Morgan fingerprint density at radius 3 is 2.10 bits per heavy atom. The summed E-state index contributed by atoms with van der Waals surface area (Å²) in [4.78, 5) is 0. The third-order valence-electron chi connectivity index (χ3n) is 3.74. The number of hydrogen-bond donors (Lipinski definition) is 1. The molecule has 1 rings (SSSR count). The van der Waals surface area contributed by atoms with Gasteiger partial charge in [-0.05, 0) is 44.2 Å². The Kier molecular flexibility index (Phi) is 7.08. The highest BCUT2D eigenvalue weighted by atomic mass is 16.5. The average Bonchev–Trinajstić information content (AvgIpc) is 2.34. The molecule has 0 heterocycles. The molecule has 0 aliphatic carbocycles. The minimum atomic E-state index is 0.218. The van der Waals surface area contributed by atoms with Gasteiger partial charge >= 0.3 is 0 Å². The van der Waals surface area contributed by atoms with Crippen molar-refractivity contribution in [3.05, 3.63) is 29.8 Å². The van der Waals surface area contributed by atoms with E-state index >= 15 is 0 Å². The normalized spacial score (nSPS) is 11.9. The summed E-state index contributed by atoms with van der Waals surface area (Å²) in [6.45, 7) is 15.3.